The van der Waals surface area contributed by atoms with Crippen molar-refractivity contribution in [2.75, 3.05) is 18.5 Å². The van der Waals surface area contributed by atoms with Gasteiger partial charge >= 0.3 is 5.97 Å². The number of benzene rings is 2. The molecule has 7 rings (SSSR count). The summed E-state index contributed by atoms with van der Waals surface area (Å²) in [5.74, 6) is 1.39. The first-order valence-electron chi connectivity index (χ1n) is 18.0. The maximum atomic E-state index is 12.9. The molecule has 3 aliphatic carbocycles. The molecule has 48 heavy (non-hydrogen) atoms. The molecular formula is C40H49ClN2O5. The van der Waals surface area contributed by atoms with Crippen LogP contribution >= 0.6 is 11.6 Å². The highest BCUT2D eigenvalue weighted by Crippen LogP contribution is 2.56. The average Bonchev–Trinajstić information content (AvgIpc) is 3.70. The molecule has 4 aliphatic rings. The van der Waals surface area contributed by atoms with Gasteiger partial charge < -0.3 is 24.6 Å². The first-order valence-corrected chi connectivity index (χ1v) is 18.4. The van der Waals surface area contributed by atoms with Crippen molar-refractivity contribution in [2.45, 2.75) is 114 Å². The van der Waals surface area contributed by atoms with Crippen LogP contribution in [0, 0.1) is 11.8 Å². The van der Waals surface area contributed by atoms with E-state index in [4.69, 9.17) is 25.8 Å². The van der Waals surface area contributed by atoms with Crippen LogP contribution < -0.4 is 10.1 Å². The van der Waals surface area contributed by atoms with Gasteiger partial charge in [-0.3, -0.25) is 4.98 Å². The van der Waals surface area contributed by atoms with Crippen LogP contribution in [0.15, 0.2) is 54.7 Å². The van der Waals surface area contributed by atoms with Crippen LogP contribution in [0.5, 0.6) is 5.75 Å². The molecule has 7 nitrogen and oxygen atoms in total. The standard InChI is InChI=1S/C40H49ClN2O5/c1-26(24-47-35-13-18-42-34-9-3-6-27(2)37(34)35)20-30-22-29-12-11-28(25-48-36-10-5-19-46-36)21-33(29)39(30)14-16-40(17-15-39,38(44)45)43-32-8-4-7-31(41)23-32/h4,7-8,11-13,18,21,23,26-27,30,36,43H,3,5-6,9-10,14-17,19-20,22,24-25H2,1-2H3,(H,44,45)/t26-,27-,30+,36?,39?,40?/m1/s1. The molecule has 2 N–H and O–H groups in total. The number of anilines is 1. The molecule has 2 fully saturated rings. The van der Waals surface area contributed by atoms with Gasteiger partial charge in [-0.05, 0) is 128 Å². The normalized spacial score (nSPS) is 28.5. The average molecular weight is 673 g/mol. The minimum Gasteiger partial charge on any atom is -0.493 e. The highest BCUT2D eigenvalue weighted by atomic mass is 35.5. The lowest BCUT2D eigenvalue weighted by atomic mass is 9.59. The third kappa shape index (κ3) is 6.71. The SMILES string of the molecule is C[C@@H](COc1ccnc2c1[C@H](C)CCC2)C[C@H]1Cc2ccc(COC3CCCO3)cc2C12CCC(Nc1cccc(Cl)c1)(C(=O)O)CC2. The molecule has 3 aromatic rings. The van der Waals surface area contributed by atoms with Crippen LogP contribution in [-0.2, 0) is 39.1 Å². The number of halogens is 1. The van der Waals surface area contributed by atoms with Crippen molar-refractivity contribution in [1.29, 1.82) is 0 Å². The molecule has 1 saturated heterocycles. The summed E-state index contributed by atoms with van der Waals surface area (Å²) in [5.41, 5.74) is 6.00. The summed E-state index contributed by atoms with van der Waals surface area (Å²) in [6.07, 6.45) is 11.8. The number of rotatable bonds is 11. The fourth-order valence-corrected chi connectivity index (χ4v) is 9.29. The van der Waals surface area contributed by atoms with Crippen molar-refractivity contribution < 1.29 is 24.1 Å². The number of hydrogen-bond acceptors (Lipinski definition) is 6. The highest BCUT2D eigenvalue weighted by molar-refractivity contribution is 6.30. The van der Waals surface area contributed by atoms with Crippen molar-refractivity contribution in [3.8, 4) is 5.75 Å². The summed E-state index contributed by atoms with van der Waals surface area (Å²) >= 11 is 6.28. The molecule has 1 spiro atoms. The number of carboxylic acid groups (broad SMARTS) is 1. The summed E-state index contributed by atoms with van der Waals surface area (Å²) in [4.78, 5) is 17.6. The summed E-state index contributed by atoms with van der Waals surface area (Å²) in [6.45, 7) is 6.53. The Hall–Kier alpha value is -3.13. The molecule has 1 aliphatic heterocycles. The molecule has 2 heterocycles. The Morgan fingerprint density at radius 3 is 2.75 bits per heavy atom. The Morgan fingerprint density at radius 1 is 1.12 bits per heavy atom. The van der Waals surface area contributed by atoms with Crippen molar-refractivity contribution in [2.24, 2.45) is 11.8 Å². The van der Waals surface area contributed by atoms with Crippen LogP contribution in [-0.4, -0.2) is 41.1 Å². The van der Waals surface area contributed by atoms with E-state index in [9.17, 15) is 9.90 Å². The van der Waals surface area contributed by atoms with Gasteiger partial charge in [0.1, 0.15) is 11.3 Å². The maximum Gasteiger partial charge on any atom is 0.329 e. The zero-order valence-electron chi connectivity index (χ0n) is 28.3. The molecule has 2 aromatic carbocycles. The monoisotopic (exact) mass is 672 g/mol. The van der Waals surface area contributed by atoms with Crippen LogP contribution in [0.1, 0.15) is 106 Å². The van der Waals surface area contributed by atoms with Crippen molar-refractivity contribution in [1.82, 2.24) is 4.98 Å². The Labute approximate surface area is 289 Å². The van der Waals surface area contributed by atoms with Gasteiger partial charge in [0.2, 0.25) is 0 Å². The third-order valence-electron chi connectivity index (χ3n) is 11.7. The second-order valence-electron chi connectivity index (χ2n) is 14.9. The molecule has 4 atom stereocenters. The highest BCUT2D eigenvalue weighted by Gasteiger charge is 2.54. The van der Waals surface area contributed by atoms with E-state index in [0.717, 1.165) is 68.6 Å². The largest absolute Gasteiger partial charge is 0.493 e. The van der Waals surface area contributed by atoms with Gasteiger partial charge in [0.15, 0.2) is 6.29 Å². The van der Waals surface area contributed by atoms with Crippen LogP contribution in [0.2, 0.25) is 5.02 Å². The van der Waals surface area contributed by atoms with Crippen LogP contribution in [0.3, 0.4) is 0 Å². The smallest absolute Gasteiger partial charge is 0.329 e. The van der Waals surface area contributed by atoms with Gasteiger partial charge in [0.25, 0.3) is 0 Å². The number of aromatic nitrogens is 1. The Kier molecular flexibility index (Phi) is 9.74. The molecule has 0 amide bonds. The zero-order valence-corrected chi connectivity index (χ0v) is 29.1. The Morgan fingerprint density at radius 2 is 1.98 bits per heavy atom. The number of aliphatic carboxylic acids is 1. The maximum absolute atomic E-state index is 12.9. The molecule has 256 valence electrons. The summed E-state index contributed by atoms with van der Waals surface area (Å²) in [7, 11) is 0. The van der Waals surface area contributed by atoms with Crippen molar-refractivity contribution >= 4 is 23.3 Å². The van der Waals surface area contributed by atoms with Gasteiger partial charge in [-0.25, -0.2) is 4.79 Å². The van der Waals surface area contributed by atoms with E-state index < -0.39 is 11.5 Å². The Bertz CT molecular complexity index is 1610. The fourth-order valence-electron chi connectivity index (χ4n) is 9.10. The lowest BCUT2D eigenvalue weighted by Gasteiger charge is -2.47. The summed E-state index contributed by atoms with van der Waals surface area (Å²) in [6, 6.07) is 16.3. The van der Waals surface area contributed by atoms with Gasteiger partial charge in [-0.2, -0.15) is 0 Å². The molecule has 1 aromatic heterocycles. The Balaban J connectivity index is 1.12. The van der Waals surface area contributed by atoms with Gasteiger partial charge in [0.05, 0.1) is 13.2 Å². The van der Waals surface area contributed by atoms with Gasteiger partial charge in [-0.15, -0.1) is 0 Å². The number of nitrogens with one attached hydrogen (secondary N) is 1. The number of aryl methyl sites for hydroxylation is 1. The molecule has 1 saturated carbocycles. The second kappa shape index (κ2) is 14.0. The lowest BCUT2D eigenvalue weighted by molar-refractivity contribution is -0.144. The molecule has 8 heteroatoms. The van der Waals surface area contributed by atoms with E-state index in [2.05, 4.69) is 42.3 Å². The molecule has 0 bridgehead atoms. The van der Waals surface area contributed by atoms with Gasteiger partial charge in [0, 0.05) is 41.2 Å². The molecule has 0 radical (unpaired) electrons. The third-order valence-corrected chi connectivity index (χ3v) is 11.9. The first-order chi connectivity index (χ1) is 23.2. The number of carbonyl (C=O) groups is 1. The van der Waals surface area contributed by atoms with E-state index in [1.54, 1.807) is 0 Å². The predicted octanol–water partition coefficient (Wildman–Crippen LogP) is 8.85. The number of pyridine rings is 1. The molecular weight excluding hydrogens is 624 g/mol. The number of fused-ring (bicyclic) bond motifs is 3. The van der Waals surface area contributed by atoms with E-state index in [1.165, 1.54) is 35.2 Å². The number of ether oxygens (including phenoxy) is 3. The van der Waals surface area contributed by atoms with Crippen molar-refractivity contribution in [3.05, 3.63) is 87.7 Å². The lowest BCUT2D eigenvalue weighted by Crippen LogP contribution is -2.53. The second-order valence-corrected chi connectivity index (χ2v) is 15.4. The zero-order chi connectivity index (χ0) is 33.3. The first kappa shape index (κ1) is 33.4. The predicted molar refractivity (Wildman–Crippen MR) is 188 cm³/mol. The van der Waals surface area contributed by atoms with E-state index in [-0.39, 0.29) is 11.7 Å². The minimum absolute atomic E-state index is 0.108. The molecule has 1 unspecified atom stereocenters. The van der Waals surface area contributed by atoms with E-state index >= 15 is 0 Å². The summed E-state index contributed by atoms with van der Waals surface area (Å²) < 4.78 is 18.4. The van der Waals surface area contributed by atoms with Gasteiger partial charge in [-0.1, -0.05) is 49.7 Å². The number of hydrogen-bond donors (Lipinski definition) is 2. The van der Waals surface area contributed by atoms with E-state index in [1.807, 2.05) is 36.5 Å². The van der Waals surface area contributed by atoms with Crippen molar-refractivity contribution in [3.63, 3.8) is 0 Å². The minimum atomic E-state index is -1.05. The van der Waals surface area contributed by atoms with Crippen LogP contribution in [0.25, 0.3) is 0 Å². The quantitative estimate of drug-likeness (QED) is 0.210. The summed E-state index contributed by atoms with van der Waals surface area (Å²) in [5, 5.41) is 14.6. The number of nitrogens with zero attached hydrogens (tertiary/aromatic N) is 1. The topological polar surface area (TPSA) is 89.9 Å². The fraction of sp³-hybridized carbons (Fsp3) is 0.550. The van der Waals surface area contributed by atoms with Crippen LogP contribution in [0.4, 0.5) is 5.69 Å². The van der Waals surface area contributed by atoms with E-state index in [0.29, 0.717) is 48.8 Å². The number of carboxylic acids is 1.